The van der Waals surface area contributed by atoms with E-state index in [4.69, 9.17) is 4.52 Å². The number of aryl methyl sites for hydroxylation is 3. The van der Waals surface area contributed by atoms with Crippen LogP contribution in [0.15, 0.2) is 64.2 Å². The summed E-state index contributed by atoms with van der Waals surface area (Å²) in [6.45, 7) is 7.35. The summed E-state index contributed by atoms with van der Waals surface area (Å²) >= 11 is 0. The minimum absolute atomic E-state index is 0.262. The Kier molecular flexibility index (Phi) is 5.68. The van der Waals surface area contributed by atoms with Gasteiger partial charge in [0.05, 0.1) is 5.56 Å². The molecule has 8 nitrogen and oxygen atoms in total. The molecule has 0 bridgehead atoms. The molecule has 4 aromatic rings. The van der Waals surface area contributed by atoms with Crippen molar-refractivity contribution in [2.24, 2.45) is 0 Å². The number of nitrogens with zero attached hydrogens (tertiary/aromatic N) is 4. The predicted molar refractivity (Wildman–Crippen MR) is 120 cm³/mol. The van der Waals surface area contributed by atoms with Gasteiger partial charge < -0.3 is 9.84 Å². The highest BCUT2D eigenvalue weighted by Crippen LogP contribution is 2.20. The standard InChI is InChI=1S/C24H23N5O3/c1-14-5-8-18(9-6-14)20-11-19(22(30)26-16(3)23-27-17(4)28-32-23)13-29(24(20)31)21-10-7-15(2)12-25-21/h5-13,16H,1-4H3,(H,26,30)/t16-/m1/s1. The molecule has 1 amide bonds. The number of carbonyl (C=O) groups is 1. The van der Waals surface area contributed by atoms with Gasteiger partial charge in [-0.3, -0.25) is 14.2 Å². The van der Waals surface area contributed by atoms with Crippen molar-refractivity contribution in [3.63, 3.8) is 0 Å². The van der Waals surface area contributed by atoms with Crippen molar-refractivity contribution in [1.29, 1.82) is 0 Å². The van der Waals surface area contributed by atoms with E-state index in [9.17, 15) is 9.59 Å². The van der Waals surface area contributed by atoms with E-state index >= 15 is 0 Å². The Morgan fingerprint density at radius 1 is 1.06 bits per heavy atom. The monoisotopic (exact) mass is 429 g/mol. The average Bonchev–Trinajstić information content (AvgIpc) is 3.22. The molecule has 162 valence electrons. The molecule has 0 saturated heterocycles. The third-order valence-electron chi connectivity index (χ3n) is 5.05. The fourth-order valence-corrected chi connectivity index (χ4v) is 3.25. The maximum absolute atomic E-state index is 13.3. The van der Waals surface area contributed by atoms with Crippen molar-refractivity contribution in [3.8, 4) is 16.9 Å². The number of carbonyl (C=O) groups excluding carboxylic acids is 1. The lowest BCUT2D eigenvalue weighted by molar-refractivity contribution is 0.0932. The zero-order valence-corrected chi connectivity index (χ0v) is 18.3. The first-order valence-corrected chi connectivity index (χ1v) is 10.2. The van der Waals surface area contributed by atoms with Gasteiger partial charge in [-0.05, 0) is 51.0 Å². The van der Waals surface area contributed by atoms with E-state index in [2.05, 4.69) is 20.4 Å². The summed E-state index contributed by atoms with van der Waals surface area (Å²) < 4.78 is 6.54. The van der Waals surface area contributed by atoms with E-state index < -0.39 is 6.04 Å². The topological polar surface area (TPSA) is 103 Å². The Bertz CT molecular complexity index is 1250. The second-order valence-electron chi connectivity index (χ2n) is 7.75. The van der Waals surface area contributed by atoms with Gasteiger partial charge >= 0.3 is 0 Å². The van der Waals surface area contributed by atoms with Crippen LogP contribution in [-0.4, -0.2) is 25.6 Å². The second-order valence-corrected chi connectivity index (χ2v) is 7.75. The summed E-state index contributed by atoms with van der Waals surface area (Å²) in [4.78, 5) is 34.9. The normalized spacial score (nSPS) is 11.9. The summed E-state index contributed by atoms with van der Waals surface area (Å²) in [5, 5.41) is 6.61. The van der Waals surface area contributed by atoms with E-state index in [0.29, 0.717) is 28.7 Å². The van der Waals surface area contributed by atoms with E-state index in [0.717, 1.165) is 16.7 Å². The van der Waals surface area contributed by atoms with Gasteiger partial charge in [0.25, 0.3) is 11.5 Å². The minimum Gasteiger partial charge on any atom is -0.340 e. The Morgan fingerprint density at radius 2 is 1.78 bits per heavy atom. The minimum atomic E-state index is -0.496. The Balaban J connectivity index is 1.79. The van der Waals surface area contributed by atoms with E-state index in [1.807, 2.05) is 44.2 Å². The van der Waals surface area contributed by atoms with Crippen molar-refractivity contribution in [2.45, 2.75) is 33.7 Å². The Hall–Kier alpha value is -4.07. The lowest BCUT2D eigenvalue weighted by Crippen LogP contribution is -2.29. The molecule has 4 rings (SSSR count). The third kappa shape index (κ3) is 4.34. The quantitative estimate of drug-likeness (QED) is 0.519. The number of aromatic nitrogens is 4. The van der Waals surface area contributed by atoms with Gasteiger partial charge in [0.1, 0.15) is 11.9 Å². The van der Waals surface area contributed by atoms with Crippen LogP contribution in [0.2, 0.25) is 0 Å². The largest absolute Gasteiger partial charge is 0.340 e. The van der Waals surface area contributed by atoms with Crippen molar-refractivity contribution < 1.29 is 9.32 Å². The lowest BCUT2D eigenvalue weighted by Gasteiger charge is -2.14. The molecule has 0 aliphatic carbocycles. The molecular weight excluding hydrogens is 406 g/mol. The predicted octanol–water partition coefficient (Wildman–Crippen LogP) is 3.70. The molecule has 0 spiro atoms. The summed E-state index contributed by atoms with van der Waals surface area (Å²) in [5.41, 5.74) is 3.22. The maximum atomic E-state index is 13.3. The van der Waals surface area contributed by atoms with Gasteiger partial charge in [0.2, 0.25) is 5.89 Å². The molecule has 1 aromatic carbocycles. The van der Waals surface area contributed by atoms with Gasteiger partial charge in [-0.25, -0.2) is 4.98 Å². The molecule has 0 aliphatic rings. The van der Waals surface area contributed by atoms with Crippen molar-refractivity contribution in [1.82, 2.24) is 25.0 Å². The molecular formula is C24H23N5O3. The van der Waals surface area contributed by atoms with Crippen LogP contribution in [0.3, 0.4) is 0 Å². The van der Waals surface area contributed by atoms with Crippen LogP contribution in [0, 0.1) is 20.8 Å². The van der Waals surface area contributed by atoms with E-state index in [-0.39, 0.29) is 11.5 Å². The zero-order chi connectivity index (χ0) is 22.8. The van der Waals surface area contributed by atoms with Crippen LogP contribution in [-0.2, 0) is 0 Å². The van der Waals surface area contributed by atoms with Crippen molar-refractivity contribution in [2.75, 3.05) is 0 Å². The molecule has 0 radical (unpaired) electrons. The van der Waals surface area contributed by atoms with Crippen LogP contribution in [0.1, 0.15) is 46.2 Å². The van der Waals surface area contributed by atoms with E-state index in [1.54, 1.807) is 32.2 Å². The van der Waals surface area contributed by atoms with Gasteiger partial charge in [0.15, 0.2) is 5.82 Å². The molecule has 1 atom stereocenters. The summed E-state index contributed by atoms with van der Waals surface area (Å²) in [5.74, 6) is 0.858. The SMILES string of the molecule is Cc1ccc(-c2cc(C(=O)N[C@H](C)c3nc(C)no3)cn(-c3ccc(C)cn3)c2=O)cc1. The summed E-state index contributed by atoms with van der Waals surface area (Å²) in [6, 6.07) is 12.3. The molecule has 3 aromatic heterocycles. The Labute approximate surface area is 184 Å². The lowest BCUT2D eigenvalue weighted by atomic mass is 10.0. The van der Waals surface area contributed by atoms with Crippen molar-refractivity contribution in [3.05, 3.63) is 93.6 Å². The molecule has 0 fully saturated rings. The molecule has 3 heterocycles. The fourth-order valence-electron chi connectivity index (χ4n) is 3.25. The molecule has 0 saturated carbocycles. The first-order valence-electron chi connectivity index (χ1n) is 10.2. The van der Waals surface area contributed by atoms with E-state index in [1.165, 1.54) is 10.8 Å². The highest BCUT2D eigenvalue weighted by Gasteiger charge is 2.20. The highest BCUT2D eigenvalue weighted by molar-refractivity contribution is 5.95. The first kappa shape index (κ1) is 21.2. The maximum Gasteiger partial charge on any atom is 0.264 e. The number of hydrogen-bond donors (Lipinski definition) is 1. The van der Waals surface area contributed by atoms with Gasteiger partial charge in [0, 0.05) is 18.0 Å². The average molecular weight is 429 g/mol. The van der Waals surface area contributed by atoms with Crippen LogP contribution in [0.4, 0.5) is 0 Å². The fraction of sp³-hybridized carbons (Fsp3) is 0.208. The molecule has 8 heteroatoms. The van der Waals surface area contributed by atoms with Gasteiger partial charge in [-0.2, -0.15) is 4.98 Å². The molecule has 32 heavy (non-hydrogen) atoms. The summed E-state index contributed by atoms with van der Waals surface area (Å²) in [6.07, 6.45) is 3.18. The van der Waals surface area contributed by atoms with Gasteiger partial charge in [-0.15, -0.1) is 0 Å². The summed E-state index contributed by atoms with van der Waals surface area (Å²) in [7, 11) is 0. The number of amides is 1. The number of benzene rings is 1. The number of pyridine rings is 2. The second kappa shape index (κ2) is 8.58. The zero-order valence-electron chi connectivity index (χ0n) is 18.3. The number of nitrogens with one attached hydrogen (secondary N) is 1. The first-order chi connectivity index (χ1) is 15.3. The molecule has 0 aliphatic heterocycles. The highest BCUT2D eigenvalue weighted by atomic mass is 16.5. The number of hydrogen-bond acceptors (Lipinski definition) is 6. The van der Waals surface area contributed by atoms with Crippen LogP contribution in [0.5, 0.6) is 0 Å². The van der Waals surface area contributed by atoms with Crippen LogP contribution in [0.25, 0.3) is 16.9 Å². The van der Waals surface area contributed by atoms with Crippen molar-refractivity contribution >= 4 is 5.91 Å². The third-order valence-corrected chi connectivity index (χ3v) is 5.05. The smallest absolute Gasteiger partial charge is 0.264 e. The molecule has 1 N–H and O–H groups in total. The van der Waals surface area contributed by atoms with Crippen LogP contribution < -0.4 is 10.9 Å². The van der Waals surface area contributed by atoms with Crippen LogP contribution >= 0.6 is 0 Å². The molecule has 0 unspecified atom stereocenters. The van der Waals surface area contributed by atoms with Gasteiger partial charge in [-0.1, -0.05) is 41.1 Å². The Morgan fingerprint density at radius 3 is 2.41 bits per heavy atom. The number of rotatable bonds is 5.